The van der Waals surface area contributed by atoms with Crippen LogP contribution in [0, 0.1) is 0 Å². The summed E-state index contributed by atoms with van der Waals surface area (Å²) in [5, 5.41) is 0. The van der Waals surface area contributed by atoms with Crippen LogP contribution in [0.15, 0.2) is 30.3 Å². The molecule has 0 aromatic heterocycles. The zero-order valence-electron chi connectivity index (χ0n) is 13.6. The molecule has 2 heterocycles. The zero-order valence-corrected chi connectivity index (χ0v) is 14.4. The lowest BCUT2D eigenvalue weighted by Crippen LogP contribution is -2.44. The summed E-state index contributed by atoms with van der Waals surface area (Å²) in [5.74, 6) is -0.499. The van der Waals surface area contributed by atoms with Crippen LogP contribution in [0.4, 0.5) is 0 Å². The quantitative estimate of drug-likeness (QED) is 0.751. The van der Waals surface area contributed by atoms with E-state index in [-0.39, 0.29) is 30.0 Å². The molecule has 0 radical (unpaired) electrons. The number of rotatable bonds is 5. The Morgan fingerprint density at radius 3 is 2.38 bits per heavy atom. The fourth-order valence-corrected chi connectivity index (χ4v) is 4.83. The standard InChI is InChI=1S/C17H22N2O4S/c20-16-7-4-8-17(21)19(16)11-12-24(22,23)18-10-9-15(13-18)14-5-2-1-3-6-14/h1-3,5-6,15H,4,7-13H2/t15-/m0/s1. The van der Waals surface area contributed by atoms with Crippen LogP contribution in [-0.2, 0) is 19.6 Å². The molecular weight excluding hydrogens is 328 g/mol. The Bertz CT molecular complexity index is 701. The molecule has 6 nitrogen and oxygen atoms in total. The summed E-state index contributed by atoms with van der Waals surface area (Å²) in [6.45, 7) is 0.921. The van der Waals surface area contributed by atoms with Crippen LogP contribution in [0.1, 0.15) is 37.2 Å². The molecule has 2 aliphatic heterocycles. The molecule has 24 heavy (non-hydrogen) atoms. The van der Waals surface area contributed by atoms with E-state index in [1.54, 1.807) is 0 Å². The number of nitrogens with zero attached hydrogens (tertiary/aromatic N) is 2. The van der Waals surface area contributed by atoms with Crippen LogP contribution < -0.4 is 0 Å². The molecule has 1 aromatic carbocycles. The summed E-state index contributed by atoms with van der Waals surface area (Å²) in [7, 11) is -3.46. The Balaban J connectivity index is 1.60. The van der Waals surface area contributed by atoms with Crippen molar-refractivity contribution in [2.45, 2.75) is 31.6 Å². The second-order valence-corrected chi connectivity index (χ2v) is 8.45. The Kier molecular flexibility index (Phi) is 5.01. The molecule has 2 aliphatic rings. The maximum absolute atomic E-state index is 12.5. The molecule has 0 bridgehead atoms. The summed E-state index contributed by atoms with van der Waals surface area (Å²) in [4.78, 5) is 24.7. The van der Waals surface area contributed by atoms with Crippen molar-refractivity contribution in [3.8, 4) is 0 Å². The monoisotopic (exact) mass is 350 g/mol. The third kappa shape index (κ3) is 3.67. The van der Waals surface area contributed by atoms with Crippen molar-refractivity contribution in [1.29, 1.82) is 0 Å². The van der Waals surface area contributed by atoms with E-state index in [4.69, 9.17) is 0 Å². The molecule has 2 amide bonds. The van der Waals surface area contributed by atoms with Crippen molar-refractivity contribution in [3.05, 3.63) is 35.9 Å². The maximum Gasteiger partial charge on any atom is 0.229 e. The fourth-order valence-electron chi connectivity index (χ4n) is 3.36. The van der Waals surface area contributed by atoms with E-state index >= 15 is 0 Å². The molecule has 7 heteroatoms. The molecule has 0 N–H and O–H groups in total. The van der Waals surface area contributed by atoms with Crippen molar-refractivity contribution in [3.63, 3.8) is 0 Å². The average Bonchev–Trinajstić information content (AvgIpc) is 3.06. The summed E-state index contributed by atoms with van der Waals surface area (Å²) in [5.41, 5.74) is 1.15. The van der Waals surface area contributed by atoms with Crippen molar-refractivity contribution in [1.82, 2.24) is 9.21 Å². The second kappa shape index (κ2) is 7.03. The molecule has 0 unspecified atom stereocenters. The number of hydrogen-bond acceptors (Lipinski definition) is 4. The first-order chi connectivity index (χ1) is 11.5. The van der Waals surface area contributed by atoms with Gasteiger partial charge in [0.2, 0.25) is 21.8 Å². The van der Waals surface area contributed by atoms with Crippen molar-refractivity contribution >= 4 is 21.8 Å². The highest BCUT2D eigenvalue weighted by atomic mass is 32.2. The highest BCUT2D eigenvalue weighted by Gasteiger charge is 2.33. The van der Waals surface area contributed by atoms with Gasteiger partial charge in [-0.15, -0.1) is 0 Å². The van der Waals surface area contributed by atoms with Gasteiger partial charge in [-0.3, -0.25) is 14.5 Å². The smallest absolute Gasteiger partial charge is 0.229 e. The fraction of sp³-hybridized carbons (Fsp3) is 0.529. The number of benzene rings is 1. The number of likely N-dealkylation sites (tertiary alicyclic amines) is 1. The second-order valence-electron chi connectivity index (χ2n) is 6.36. The van der Waals surface area contributed by atoms with Crippen LogP contribution in [0.25, 0.3) is 0 Å². The van der Waals surface area contributed by atoms with Crippen LogP contribution in [0.2, 0.25) is 0 Å². The average molecular weight is 350 g/mol. The summed E-state index contributed by atoms with van der Waals surface area (Å²) in [6, 6.07) is 9.90. The lowest BCUT2D eigenvalue weighted by molar-refractivity contribution is -0.147. The third-order valence-electron chi connectivity index (χ3n) is 4.77. The number of amides is 2. The first-order valence-electron chi connectivity index (χ1n) is 8.33. The van der Waals surface area contributed by atoms with Crippen molar-refractivity contribution in [2.24, 2.45) is 0 Å². The van der Waals surface area contributed by atoms with Gasteiger partial charge in [0.15, 0.2) is 0 Å². The number of carbonyl (C=O) groups is 2. The Morgan fingerprint density at radius 2 is 1.71 bits per heavy atom. The van der Waals surface area contributed by atoms with Crippen LogP contribution in [0.3, 0.4) is 0 Å². The summed E-state index contributed by atoms with van der Waals surface area (Å²) < 4.78 is 26.6. The molecule has 0 aliphatic carbocycles. The number of imide groups is 1. The Morgan fingerprint density at radius 1 is 1.04 bits per heavy atom. The predicted molar refractivity (Wildman–Crippen MR) is 89.7 cm³/mol. The largest absolute Gasteiger partial charge is 0.282 e. The number of piperidine rings is 1. The molecule has 2 saturated heterocycles. The first kappa shape index (κ1) is 17.1. The van der Waals surface area contributed by atoms with Gasteiger partial charge in [-0.1, -0.05) is 30.3 Å². The van der Waals surface area contributed by atoms with Gasteiger partial charge < -0.3 is 0 Å². The summed E-state index contributed by atoms with van der Waals surface area (Å²) >= 11 is 0. The lowest BCUT2D eigenvalue weighted by atomic mass is 9.99. The molecule has 1 aromatic rings. The number of carbonyl (C=O) groups excluding carboxylic acids is 2. The highest BCUT2D eigenvalue weighted by Crippen LogP contribution is 2.28. The maximum atomic E-state index is 12.5. The van der Waals surface area contributed by atoms with Gasteiger partial charge in [-0.05, 0) is 24.3 Å². The van der Waals surface area contributed by atoms with E-state index in [1.165, 1.54) is 4.31 Å². The third-order valence-corrected chi connectivity index (χ3v) is 6.59. The van der Waals surface area contributed by atoms with Crippen LogP contribution >= 0.6 is 0 Å². The molecular formula is C17H22N2O4S. The van der Waals surface area contributed by atoms with Gasteiger partial charge >= 0.3 is 0 Å². The Labute approximate surface area is 142 Å². The highest BCUT2D eigenvalue weighted by molar-refractivity contribution is 7.89. The van der Waals surface area contributed by atoms with Gasteiger partial charge in [-0.2, -0.15) is 0 Å². The van der Waals surface area contributed by atoms with Gasteiger partial charge in [0.25, 0.3) is 0 Å². The number of hydrogen-bond donors (Lipinski definition) is 0. The Hall–Kier alpha value is -1.73. The molecule has 0 saturated carbocycles. The minimum atomic E-state index is -3.46. The first-order valence-corrected chi connectivity index (χ1v) is 9.94. The normalized spacial score (nSPS) is 23.0. The minimum absolute atomic E-state index is 0.0352. The van der Waals surface area contributed by atoms with E-state index in [0.717, 1.165) is 16.9 Å². The van der Waals surface area contributed by atoms with Crippen molar-refractivity contribution < 1.29 is 18.0 Å². The van der Waals surface area contributed by atoms with Crippen LogP contribution in [-0.4, -0.2) is 54.8 Å². The van der Waals surface area contributed by atoms with E-state index in [2.05, 4.69) is 0 Å². The van der Waals surface area contributed by atoms with E-state index < -0.39 is 10.0 Å². The minimum Gasteiger partial charge on any atom is -0.282 e. The molecule has 130 valence electrons. The molecule has 0 spiro atoms. The van der Waals surface area contributed by atoms with Gasteiger partial charge in [0.05, 0.1) is 5.75 Å². The van der Waals surface area contributed by atoms with E-state index in [9.17, 15) is 18.0 Å². The van der Waals surface area contributed by atoms with Gasteiger partial charge in [-0.25, -0.2) is 12.7 Å². The zero-order chi connectivity index (χ0) is 17.2. The topological polar surface area (TPSA) is 74.8 Å². The van der Waals surface area contributed by atoms with Gasteiger partial charge in [0.1, 0.15) is 0 Å². The number of sulfonamides is 1. The van der Waals surface area contributed by atoms with Crippen molar-refractivity contribution in [2.75, 3.05) is 25.4 Å². The summed E-state index contributed by atoms with van der Waals surface area (Å²) in [6.07, 6.45) is 2.01. The van der Waals surface area contributed by atoms with E-state index in [1.807, 2.05) is 30.3 Å². The predicted octanol–water partition coefficient (Wildman–Crippen LogP) is 1.34. The molecule has 3 rings (SSSR count). The molecule has 2 fully saturated rings. The van der Waals surface area contributed by atoms with E-state index in [0.29, 0.717) is 32.4 Å². The van der Waals surface area contributed by atoms with Crippen LogP contribution in [0.5, 0.6) is 0 Å². The SMILES string of the molecule is O=C1CCCC(=O)N1CCS(=O)(=O)N1CC[C@H](c2ccccc2)C1. The van der Waals surface area contributed by atoms with Gasteiger partial charge in [0, 0.05) is 32.5 Å². The lowest BCUT2D eigenvalue weighted by Gasteiger charge is -2.25. The molecule has 1 atom stereocenters.